The summed E-state index contributed by atoms with van der Waals surface area (Å²) in [7, 11) is 1.80. The van der Waals surface area contributed by atoms with Gasteiger partial charge in [-0.05, 0) is 25.8 Å². The molecule has 0 spiro atoms. The van der Waals surface area contributed by atoms with E-state index in [1.54, 1.807) is 7.11 Å². The Morgan fingerprint density at radius 2 is 1.83 bits per heavy atom. The van der Waals surface area contributed by atoms with Crippen molar-refractivity contribution in [1.29, 1.82) is 0 Å². The Morgan fingerprint density at radius 3 is 2.17 bits per heavy atom. The summed E-state index contributed by atoms with van der Waals surface area (Å²) < 4.78 is 5.39. The monoisotopic (exact) mass is 173 g/mol. The maximum atomic E-state index is 5.39. The topological polar surface area (TPSA) is 21.3 Å². The normalized spacial score (nSPS) is 16.0. The Hall–Kier alpha value is -0.0800. The van der Waals surface area contributed by atoms with Gasteiger partial charge in [0.25, 0.3) is 0 Å². The van der Waals surface area contributed by atoms with Gasteiger partial charge in [0.15, 0.2) is 0 Å². The van der Waals surface area contributed by atoms with Gasteiger partial charge < -0.3 is 10.1 Å². The van der Waals surface area contributed by atoms with E-state index in [-0.39, 0.29) is 0 Å². The van der Waals surface area contributed by atoms with Gasteiger partial charge in [0.2, 0.25) is 0 Å². The third kappa shape index (κ3) is 4.07. The summed E-state index contributed by atoms with van der Waals surface area (Å²) in [6.45, 7) is 7.66. The minimum Gasteiger partial charge on any atom is -0.380 e. The van der Waals surface area contributed by atoms with Gasteiger partial charge >= 0.3 is 0 Å². The fourth-order valence-electron chi connectivity index (χ4n) is 1.48. The molecule has 0 radical (unpaired) electrons. The van der Waals surface area contributed by atoms with Crippen molar-refractivity contribution in [3.63, 3.8) is 0 Å². The van der Waals surface area contributed by atoms with Crippen molar-refractivity contribution >= 4 is 0 Å². The fraction of sp³-hybridized carbons (Fsp3) is 1.00. The third-order valence-corrected chi connectivity index (χ3v) is 2.25. The van der Waals surface area contributed by atoms with Crippen LogP contribution in [-0.4, -0.2) is 25.8 Å². The Labute approximate surface area is 76.7 Å². The number of methoxy groups -OCH3 is 1. The van der Waals surface area contributed by atoms with E-state index in [9.17, 15) is 0 Å². The average Bonchev–Trinajstić information content (AvgIpc) is 2.12. The van der Waals surface area contributed by atoms with Gasteiger partial charge in [0, 0.05) is 13.2 Å². The largest absolute Gasteiger partial charge is 0.380 e. The molecule has 0 fully saturated rings. The highest BCUT2D eigenvalue weighted by Crippen LogP contribution is 2.06. The third-order valence-electron chi connectivity index (χ3n) is 2.25. The van der Waals surface area contributed by atoms with Crippen LogP contribution in [-0.2, 0) is 4.74 Å². The van der Waals surface area contributed by atoms with Crippen molar-refractivity contribution < 1.29 is 4.74 Å². The van der Waals surface area contributed by atoms with Crippen LogP contribution in [0.5, 0.6) is 0 Å². The summed E-state index contributed by atoms with van der Waals surface area (Å²) in [6, 6.07) is 0.528. The average molecular weight is 173 g/mol. The van der Waals surface area contributed by atoms with Crippen LogP contribution in [0.3, 0.4) is 0 Å². The summed E-state index contributed by atoms with van der Waals surface area (Å²) >= 11 is 0. The zero-order valence-electron chi connectivity index (χ0n) is 8.89. The minimum atomic E-state index is 0.376. The standard InChI is InChI=1S/C10H23NO/c1-5-8-11-9(6-2)10(7-3)12-4/h9-11H,5-8H2,1-4H3. The van der Waals surface area contributed by atoms with E-state index in [0.717, 1.165) is 19.4 Å². The highest BCUT2D eigenvalue weighted by atomic mass is 16.5. The second-order valence-electron chi connectivity index (χ2n) is 3.15. The van der Waals surface area contributed by atoms with Crippen LogP contribution in [0.1, 0.15) is 40.0 Å². The number of hydrogen-bond acceptors (Lipinski definition) is 2. The first-order chi connectivity index (χ1) is 5.79. The molecule has 2 heteroatoms. The molecule has 0 aliphatic carbocycles. The Morgan fingerprint density at radius 1 is 1.17 bits per heavy atom. The summed E-state index contributed by atoms with van der Waals surface area (Å²) in [6.07, 6.45) is 3.80. The van der Waals surface area contributed by atoms with Crippen LogP contribution in [0.4, 0.5) is 0 Å². The molecule has 0 heterocycles. The number of rotatable bonds is 7. The van der Waals surface area contributed by atoms with E-state index >= 15 is 0 Å². The molecular formula is C10H23NO. The maximum absolute atomic E-state index is 5.39. The van der Waals surface area contributed by atoms with E-state index in [1.807, 2.05) is 0 Å². The zero-order chi connectivity index (χ0) is 9.40. The predicted octanol–water partition coefficient (Wildman–Crippen LogP) is 2.19. The van der Waals surface area contributed by atoms with Crippen LogP contribution in [0.15, 0.2) is 0 Å². The van der Waals surface area contributed by atoms with Crippen molar-refractivity contribution in [1.82, 2.24) is 5.32 Å². The van der Waals surface area contributed by atoms with Crippen molar-refractivity contribution in [2.45, 2.75) is 52.2 Å². The predicted molar refractivity (Wildman–Crippen MR) is 53.5 cm³/mol. The first kappa shape index (κ1) is 11.9. The lowest BCUT2D eigenvalue weighted by Gasteiger charge is -2.24. The molecule has 12 heavy (non-hydrogen) atoms. The van der Waals surface area contributed by atoms with Crippen molar-refractivity contribution in [3.05, 3.63) is 0 Å². The Bertz CT molecular complexity index is 91.8. The number of ether oxygens (including phenoxy) is 1. The first-order valence-electron chi connectivity index (χ1n) is 5.06. The molecule has 0 amide bonds. The molecule has 0 saturated carbocycles. The summed E-state index contributed by atoms with van der Waals surface area (Å²) in [5.41, 5.74) is 0. The van der Waals surface area contributed by atoms with Gasteiger partial charge in [0.05, 0.1) is 6.10 Å². The molecule has 2 atom stereocenters. The molecule has 0 aliphatic heterocycles. The fourth-order valence-corrected chi connectivity index (χ4v) is 1.48. The van der Waals surface area contributed by atoms with Crippen molar-refractivity contribution in [3.8, 4) is 0 Å². The van der Waals surface area contributed by atoms with Crippen LogP contribution in [0.2, 0.25) is 0 Å². The first-order valence-corrected chi connectivity index (χ1v) is 5.06. The van der Waals surface area contributed by atoms with Gasteiger partial charge in [-0.3, -0.25) is 0 Å². The highest BCUT2D eigenvalue weighted by molar-refractivity contribution is 4.73. The molecule has 2 unspecified atom stereocenters. The molecule has 0 aromatic carbocycles. The van der Waals surface area contributed by atoms with E-state index in [2.05, 4.69) is 26.1 Å². The van der Waals surface area contributed by atoms with Crippen LogP contribution in [0.25, 0.3) is 0 Å². The summed E-state index contributed by atoms with van der Waals surface area (Å²) in [5, 5.41) is 3.50. The number of hydrogen-bond donors (Lipinski definition) is 1. The lowest BCUT2D eigenvalue weighted by Crippen LogP contribution is -2.40. The smallest absolute Gasteiger partial charge is 0.0721 e. The SMILES string of the molecule is CCCNC(CC)C(CC)OC. The molecule has 0 aliphatic rings. The van der Waals surface area contributed by atoms with Gasteiger partial charge in [-0.25, -0.2) is 0 Å². The molecule has 0 rings (SSSR count). The molecule has 1 N–H and O–H groups in total. The van der Waals surface area contributed by atoms with Crippen LogP contribution in [0, 0.1) is 0 Å². The zero-order valence-corrected chi connectivity index (χ0v) is 8.89. The Kier molecular flexibility index (Phi) is 7.51. The summed E-state index contributed by atoms with van der Waals surface area (Å²) in [5.74, 6) is 0. The molecule has 0 aromatic rings. The second-order valence-corrected chi connectivity index (χ2v) is 3.15. The molecule has 0 saturated heterocycles. The molecule has 74 valence electrons. The van der Waals surface area contributed by atoms with Crippen LogP contribution < -0.4 is 5.32 Å². The Balaban J connectivity index is 3.75. The van der Waals surface area contributed by atoms with E-state index in [0.29, 0.717) is 12.1 Å². The minimum absolute atomic E-state index is 0.376. The quantitative estimate of drug-likeness (QED) is 0.637. The van der Waals surface area contributed by atoms with Gasteiger partial charge in [0.1, 0.15) is 0 Å². The molecular weight excluding hydrogens is 150 g/mol. The van der Waals surface area contributed by atoms with Crippen molar-refractivity contribution in [2.75, 3.05) is 13.7 Å². The van der Waals surface area contributed by atoms with Crippen molar-refractivity contribution in [2.24, 2.45) is 0 Å². The van der Waals surface area contributed by atoms with Gasteiger partial charge in [-0.2, -0.15) is 0 Å². The second kappa shape index (κ2) is 7.56. The maximum Gasteiger partial charge on any atom is 0.0721 e. The van der Waals surface area contributed by atoms with E-state index in [1.165, 1.54) is 6.42 Å². The molecule has 2 nitrogen and oxygen atoms in total. The van der Waals surface area contributed by atoms with E-state index in [4.69, 9.17) is 4.74 Å². The molecule has 0 bridgehead atoms. The highest BCUT2D eigenvalue weighted by Gasteiger charge is 2.15. The molecule has 0 aromatic heterocycles. The van der Waals surface area contributed by atoms with E-state index < -0.39 is 0 Å². The summed E-state index contributed by atoms with van der Waals surface area (Å²) in [4.78, 5) is 0. The van der Waals surface area contributed by atoms with Gasteiger partial charge in [-0.1, -0.05) is 20.8 Å². The lowest BCUT2D eigenvalue weighted by atomic mass is 10.1. The van der Waals surface area contributed by atoms with Gasteiger partial charge in [-0.15, -0.1) is 0 Å². The number of nitrogens with one attached hydrogen (secondary N) is 1. The lowest BCUT2D eigenvalue weighted by molar-refractivity contribution is 0.0641. The van der Waals surface area contributed by atoms with Crippen LogP contribution >= 0.6 is 0 Å².